The van der Waals surface area contributed by atoms with Crippen LogP contribution in [0.4, 0.5) is 10.1 Å². The molecule has 0 bridgehead atoms. The zero-order chi connectivity index (χ0) is 20.9. The fraction of sp³-hybridized carbons (Fsp3) is 0.292. The van der Waals surface area contributed by atoms with Gasteiger partial charge in [0.2, 0.25) is 0 Å². The first-order valence-electron chi connectivity index (χ1n) is 10.3. The van der Waals surface area contributed by atoms with Crippen molar-refractivity contribution in [1.82, 2.24) is 15.2 Å². The van der Waals surface area contributed by atoms with Gasteiger partial charge in [0.15, 0.2) is 0 Å². The lowest BCUT2D eigenvalue weighted by molar-refractivity contribution is 0.199. The molecule has 0 radical (unpaired) electrons. The van der Waals surface area contributed by atoms with Crippen molar-refractivity contribution in [1.29, 1.82) is 0 Å². The summed E-state index contributed by atoms with van der Waals surface area (Å²) in [6, 6.07) is 17.5. The highest BCUT2D eigenvalue weighted by atomic mass is 32.2. The van der Waals surface area contributed by atoms with Crippen LogP contribution < -0.4 is 10.0 Å². The second-order valence-corrected chi connectivity index (χ2v) is 8.70. The molecule has 156 valence electrons. The predicted molar refractivity (Wildman–Crippen MR) is 123 cm³/mol. The molecule has 0 saturated carbocycles. The van der Waals surface area contributed by atoms with Crippen LogP contribution in [0.25, 0.3) is 11.3 Å². The van der Waals surface area contributed by atoms with Gasteiger partial charge in [-0.1, -0.05) is 6.07 Å². The van der Waals surface area contributed by atoms with E-state index in [1.165, 1.54) is 35.2 Å². The maximum atomic E-state index is 13.1. The molecule has 1 saturated heterocycles. The Morgan fingerprint density at radius 2 is 2.00 bits per heavy atom. The maximum absolute atomic E-state index is 13.1. The molecule has 2 aromatic carbocycles. The van der Waals surface area contributed by atoms with Gasteiger partial charge in [0.25, 0.3) is 0 Å². The van der Waals surface area contributed by atoms with Gasteiger partial charge in [0.05, 0.1) is 5.69 Å². The number of hydrogen-bond donors (Lipinski definition) is 2. The molecule has 1 aromatic heterocycles. The highest BCUT2D eigenvalue weighted by Crippen LogP contribution is 2.25. The van der Waals surface area contributed by atoms with Gasteiger partial charge in [-0.15, -0.1) is 0 Å². The molecule has 2 heterocycles. The van der Waals surface area contributed by atoms with Gasteiger partial charge in [-0.05, 0) is 85.5 Å². The second-order valence-electron chi connectivity index (χ2n) is 7.82. The molecule has 1 fully saturated rings. The van der Waals surface area contributed by atoms with Gasteiger partial charge >= 0.3 is 0 Å². The highest BCUT2D eigenvalue weighted by Gasteiger charge is 2.16. The summed E-state index contributed by atoms with van der Waals surface area (Å²) in [5, 5.41) is 3.49. The maximum Gasteiger partial charge on any atom is 0.123 e. The summed E-state index contributed by atoms with van der Waals surface area (Å²) in [4.78, 5) is 8.04. The first-order chi connectivity index (χ1) is 14.6. The average Bonchev–Trinajstić information content (AvgIpc) is 2.75. The fourth-order valence-electron chi connectivity index (χ4n) is 3.68. The van der Waals surface area contributed by atoms with Crippen LogP contribution in [-0.2, 0) is 6.54 Å². The third-order valence-electron chi connectivity index (χ3n) is 5.35. The summed E-state index contributed by atoms with van der Waals surface area (Å²) in [5.41, 5.74) is 5.51. The molecular formula is C24H27FN4S. The Labute approximate surface area is 182 Å². The van der Waals surface area contributed by atoms with E-state index < -0.39 is 0 Å². The molecule has 1 aliphatic heterocycles. The zero-order valence-electron chi connectivity index (χ0n) is 17.4. The third kappa shape index (κ3) is 5.39. The van der Waals surface area contributed by atoms with E-state index in [1.54, 1.807) is 12.1 Å². The molecule has 1 aliphatic rings. The fourth-order valence-corrected chi connectivity index (χ4v) is 4.29. The number of rotatable bonds is 6. The minimum absolute atomic E-state index is 0.237. The van der Waals surface area contributed by atoms with Gasteiger partial charge in [0.1, 0.15) is 5.82 Å². The predicted octanol–water partition coefficient (Wildman–Crippen LogP) is 5.11. The molecule has 30 heavy (non-hydrogen) atoms. The van der Waals surface area contributed by atoms with E-state index in [0.717, 1.165) is 48.0 Å². The van der Waals surface area contributed by atoms with Crippen LogP contribution in [0.2, 0.25) is 0 Å². The van der Waals surface area contributed by atoms with E-state index >= 15 is 0 Å². The van der Waals surface area contributed by atoms with Crippen molar-refractivity contribution in [2.75, 3.05) is 24.4 Å². The summed E-state index contributed by atoms with van der Waals surface area (Å²) in [5.74, 6) is -0.237. The summed E-state index contributed by atoms with van der Waals surface area (Å²) in [6.45, 7) is 8.67. The summed E-state index contributed by atoms with van der Waals surface area (Å²) in [6.07, 6.45) is 1.84. The van der Waals surface area contributed by atoms with E-state index in [-0.39, 0.29) is 5.82 Å². The first kappa shape index (κ1) is 20.8. The highest BCUT2D eigenvalue weighted by molar-refractivity contribution is 8.00. The van der Waals surface area contributed by atoms with Crippen LogP contribution in [-0.4, -0.2) is 35.6 Å². The number of halogens is 1. The molecule has 6 heteroatoms. The number of pyridine rings is 1. The number of hydrogen-bond acceptors (Lipinski definition) is 5. The van der Waals surface area contributed by atoms with Gasteiger partial charge in [-0.3, -0.25) is 9.88 Å². The Kier molecular flexibility index (Phi) is 6.67. The van der Waals surface area contributed by atoms with E-state index in [4.69, 9.17) is 0 Å². The van der Waals surface area contributed by atoms with Gasteiger partial charge in [-0.25, -0.2) is 4.39 Å². The lowest BCUT2D eigenvalue weighted by Gasteiger charge is -2.32. The topological polar surface area (TPSA) is 40.2 Å². The van der Waals surface area contributed by atoms with E-state index in [1.807, 2.05) is 18.3 Å². The molecule has 0 aliphatic carbocycles. The monoisotopic (exact) mass is 422 g/mol. The minimum atomic E-state index is -0.237. The average molecular weight is 423 g/mol. The number of aromatic nitrogens is 1. The molecule has 0 amide bonds. The van der Waals surface area contributed by atoms with Crippen LogP contribution in [0.15, 0.2) is 65.7 Å². The van der Waals surface area contributed by atoms with Crippen molar-refractivity contribution in [3.8, 4) is 11.3 Å². The molecule has 1 unspecified atom stereocenters. The second kappa shape index (κ2) is 9.60. The minimum Gasteiger partial charge on any atom is -0.326 e. The van der Waals surface area contributed by atoms with Crippen molar-refractivity contribution in [2.24, 2.45) is 0 Å². The molecule has 4 nitrogen and oxygen atoms in total. The van der Waals surface area contributed by atoms with Crippen LogP contribution in [0, 0.1) is 12.7 Å². The summed E-state index contributed by atoms with van der Waals surface area (Å²) < 4.78 is 16.5. The Morgan fingerprint density at radius 1 is 1.17 bits per heavy atom. The van der Waals surface area contributed by atoms with Crippen LogP contribution in [0.1, 0.15) is 18.1 Å². The van der Waals surface area contributed by atoms with Crippen molar-refractivity contribution >= 4 is 17.6 Å². The van der Waals surface area contributed by atoms with Gasteiger partial charge < -0.3 is 10.0 Å². The largest absolute Gasteiger partial charge is 0.326 e. The Bertz CT molecular complexity index is 976. The number of aryl methyl sites for hydroxylation is 1. The number of piperazine rings is 1. The van der Waals surface area contributed by atoms with E-state index in [9.17, 15) is 4.39 Å². The van der Waals surface area contributed by atoms with Crippen LogP contribution in [0.3, 0.4) is 0 Å². The first-order valence-corrected chi connectivity index (χ1v) is 11.1. The van der Waals surface area contributed by atoms with E-state index in [2.05, 4.69) is 52.0 Å². The standard InChI is InChI=1S/C24H27FN4S/c1-17-13-22(8-5-20(17)16-29-12-11-26-18(2)15-29)28-30-23-9-10-24(27-14-23)19-3-6-21(25)7-4-19/h3-10,13-14,18,26,28H,11-12,15-16H2,1-2H3. The van der Waals surface area contributed by atoms with Gasteiger partial charge in [-0.2, -0.15) is 0 Å². The third-order valence-corrected chi connectivity index (χ3v) is 6.17. The Balaban J connectivity index is 1.34. The quantitative estimate of drug-likeness (QED) is 0.540. The number of anilines is 1. The molecular weight excluding hydrogens is 395 g/mol. The van der Waals surface area contributed by atoms with Crippen LogP contribution >= 0.6 is 11.9 Å². The molecule has 2 N–H and O–H groups in total. The number of nitrogens with one attached hydrogen (secondary N) is 2. The zero-order valence-corrected chi connectivity index (χ0v) is 18.2. The number of benzene rings is 2. The molecule has 3 aromatic rings. The summed E-state index contributed by atoms with van der Waals surface area (Å²) >= 11 is 1.54. The molecule has 4 rings (SSSR count). The van der Waals surface area contributed by atoms with Crippen molar-refractivity contribution < 1.29 is 4.39 Å². The summed E-state index contributed by atoms with van der Waals surface area (Å²) in [7, 11) is 0. The lowest BCUT2D eigenvalue weighted by Crippen LogP contribution is -2.48. The normalized spacial score (nSPS) is 17.1. The smallest absolute Gasteiger partial charge is 0.123 e. The molecule has 1 atom stereocenters. The number of nitrogens with zero attached hydrogens (tertiary/aromatic N) is 2. The van der Waals surface area contributed by atoms with Crippen LogP contribution in [0.5, 0.6) is 0 Å². The van der Waals surface area contributed by atoms with E-state index in [0.29, 0.717) is 6.04 Å². The van der Waals surface area contributed by atoms with Crippen molar-refractivity contribution in [3.63, 3.8) is 0 Å². The van der Waals surface area contributed by atoms with Crippen molar-refractivity contribution in [3.05, 3.63) is 77.7 Å². The SMILES string of the molecule is Cc1cc(NSc2ccc(-c3ccc(F)cc3)nc2)ccc1CN1CCNC(C)C1. The van der Waals surface area contributed by atoms with Gasteiger partial charge in [0, 0.05) is 54.6 Å². The lowest BCUT2D eigenvalue weighted by atomic mass is 10.1. The Morgan fingerprint density at radius 3 is 2.70 bits per heavy atom. The Hall–Kier alpha value is -2.41. The molecule has 0 spiro atoms. The van der Waals surface area contributed by atoms with Crippen molar-refractivity contribution in [2.45, 2.75) is 31.3 Å².